The highest BCUT2D eigenvalue weighted by molar-refractivity contribution is 8.00. The minimum Gasteiger partial charge on any atom is -0.324 e. The van der Waals surface area contributed by atoms with Crippen molar-refractivity contribution in [2.75, 3.05) is 5.32 Å². The second kappa shape index (κ2) is 8.22. The van der Waals surface area contributed by atoms with Gasteiger partial charge in [0, 0.05) is 9.79 Å². The molecule has 128 valence electrons. The Kier molecular flexibility index (Phi) is 5.78. The zero-order valence-corrected chi connectivity index (χ0v) is 15.5. The second-order valence-electron chi connectivity index (χ2n) is 5.36. The van der Waals surface area contributed by atoms with Gasteiger partial charge in [-0.05, 0) is 38.1 Å². The van der Waals surface area contributed by atoms with Gasteiger partial charge in [-0.15, -0.1) is 5.10 Å². The normalized spacial score (nSPS) is 11.9. The fourth-order valence-electron chi connectivity index (χ4n) is 2.10. The van der Waals surface area contributed by atoms with Crippen LogP contribution in [0.15, 0.2) is 69.5 Å². The fraction of sp³-hybridized carbons (Fsp3) is 0.167. The number of nitrogens with zero attached hydrogens (tertiary/aromatic N) is 2. The van der Waals surface area contributed by atoms with Crippen LogP contribution in [0, 0.1) is 6.92 Å². The van der Waals surface area contributed by atoms with Crippen molar-refractivity contribution in [3.8, 4) is 0 Å². The number of aromatic nitrogens is 3. The number of rotatable bonds is 6. The third kappa shape index (κ3) is 4.87. The van der Waals surface area contributed by atoms with E-state index in [1.165, 1.54) is 11.8 Å². The Morgan fingerprint density at radius 2 is 1.84 bits per heavy atom. The molecule has 25 heavy (non-hydrogen) atoms. The molecule has 0 aliphatic heterocycles. The fourth-order valence-corrected chi connectivity index (χ4v) is 3.79. The molecule has 1 atom stereocenters. The number of anilines is 1. The molecule has 5 nitrogen and oxygen atoms in total. The standard InChI is InChI=1S/C18H18N4OS2/c1-12(24-18-19-13(2)21-22-18)17(23)20-15-10-6-7-11-16(15)25-14-8-4-3-5-9-14/h3-12H,1-2H3,(H,20,23)(H,19,21,22). The molecule has 0 saturated heterocycles. The van der Waals surface area contributed by atoms with Gasteiger partial charge in [-0.1, -0.05) is 53.9 Å². The second-order valence-corrected chi connectivity index (χ2v) is 7.79. The molecule has 0 bridgehead atoms. The van der Waals surface area contributed by atoms with E-state index in [1.807, 2.05) is 68.4 Å². The van der Waals surface area contributed by atoms with E-state index in [0.717, 1.165) is 21.3 Å². The molecule has 1 heterocycles. The quantitative estimate of drug-likeness (QED) is 0.630. The van der Waals surface area contributed by atoms with Gasteiger partial charge < -0.3 is 5.32 Å². The Bertz CT molecular complexity index is 851. The number of hydrogen-bond acceptors (Lipinski definition) is 5. The van der Waals surface area contributed by atoms with E-state index in [4.69, 9.17) is 0 Å². The molecule has 0 fully saturated rings. The summed E-state index contributed by atoms with van der Waals surface area (Å²) in [4.78, 5) is 18.9. The lowest BCUT2D eigenvalue weighted by Gasteiger charge is -2.13. The van der Waals surface area contributed by atoms with Crippen LogP contribution in [0.1, 0.15) is 12.7 Å². The Morgan fingerprint density at radius 1 is 1.12 bits per heavy atom. The number of benzene rings is 2. The van der Waals surface area contributed by atoms with Crippen LogP contribution in [0.4, 0.5) is 5.69 Å². The number of aromatic amines is 1. The molecule has 1 aromatic heterocycles. The van der Waals surface area contributed by atoms with Gasteiger partial charge in [0.15, 0.2) is 0 Å². The predicted molar refractivity (Wildman–Crippen MR) is 102 cm³/mol. The van der Waals surface area contributed by atoms with Crippen molar-refractivity contribution in [2.24, 2.45) is 0 Å². The first-order valence-corrected chi connectivity index (χ1v) is 9.50. The van der Waals surface area contributed by atoms with Crippen LogP contribution in [0.3, 0.4) is 0 Å². The van der Waals surface area contributed by atoms with Crippen molar-refractivity contribution in [3.05, 3.63) is 60.4 Å². The van der Waals surface area contributed by atoms with Crippen LogP contribution in [-0.4, -0.2) is 26.3 Å². The topological polar surface area (TPSA) is 70.7 Å². The Morgan fingerprint density at radius 3 is 2.56 bits per heavy atom. The van der Waals surface area contributed by atoms with Gasteiger partial charge in [-0.25, -0.2) is 4.98 Å². The smallest absolute Gasteiger partial charge is 0.237 e. The van der Waals surface area contributed by atoms with Gasteiger partial charge >= 0.3 is 0 Å². The maximum atomic E-state index is 12.5. The van der Waals surface area contributed by atoms with Crippen molar-refractivity contribution >= 4 is 35.1 Å². The van der Waals surface area contributed by atoms with Crippen molar-refractivity contribution in [3.63, 3.8) is 0 Å². The molecular weight excluding hydrogens is 352 g/mol. The number of amides is 1. The van der Waals surface area contributed by atoms with Crippen LogP contribution in [0.2, 0.25) is 0 Å². The van der Waals surface area contributed by atoms with E-state index in [2.05, 4.69) is 20.5 Å². The van der Waals surface area contributed by atoms with E-state index < -0.39 is 0 Å². The summed E-state index contributed by atoms with van der Waals surface area (Å²) < 4.78 is 0. The summed E-state index contributed by atoms with van der Waals surface area (Å²) in [5.74, 6) is 0.660. The highest BCUT2D eigenvalue weighted by Gasteiger charge is 2.18. The molecule has 2 aromatic carbocycles. The molecule has 0 spiro atoms. The maximum absolute atomic E-state index is 12.5. The van der Waals surface area contributed by atoms with E-state index in [9.17, 15) is 4.79 Å². The van der Waals surface area contributed by atoms with Gasteiger partial charge in [0.05, 0.1) is 10.9 Å². The van der Waals surface area contributed by atoms with Crippen LogP contribution in [-0.2, 0) is 4.79 Å². The number of aryl methyl sites for hydroxylation is 1. The third-order valence-electron chi connectivity index (χ3n) is 3.34. The van der Waals surface area contributed by atoms with Crippen molar-refractivity contribution in [2.45, 2.75) is 34.0 Å². The van der Waals surface area contributed by atoms with Gasteiger partial charge in [0.2, 0.25) is 11.1 Å². The van der Waals surface area contributed by atoms with Gasteiger partial charge in [0.25, 0.3) is 0 Å². The van der Waals surface area contributed by atoms with E-state index >= 15 is 0 Å². The van der Waals surface area contributed by atoms with E-state index in [1.54, 1.807) is 11.8 Å². The molecule has 0 aliphatic carbocycles. The molecule has 1 amide bonds. The van der Waals surface area contributed by atoms with Crippen LogP contribution < -0.4 is 5.32 Å². The lowest BCUT2D eigenvalue weighted by Crippen LogP contribution is -2.22. The molecule has 2 N–H and O–H groups in total. The van der Waals surface area contributed by atoms with Gasteiger partial charge in [-0.2, -0.15) is 0 Å². The number of nitrogens with one attached hydrogen (secondary N) is 2. The number of para-hydroxylation sites is 1. The summed E-state index contributed by atoms with van der Waals surface area (Å²) >= 11 is 2.95. The SMILES string of the molecule is Cc1nc(SC(C)C(=O)Nc2ccccc2Sc2ccccc2)n[nH]1. The predicted octanol–water partition coefficient (Wildman–Crippen LogP) is 4.38. The van der Waals surface area contributed by atoms with Crippen LogP contribution in [0.25, 0.3) is 0 Å². The number of H-pyrrole nitrogens is 1. The third-order valence-corrected chi connectivity index (χ3v) is 5.39. The van der Waals surface area contributed by atoms with Crippen LogP contribution >= 0.6 is 23.5 Å². The minimum atomic E-state index is -0.301. The highest BCUT2D eigenvalue weighted by Crippen LogP contribution is 2.33. The molecule has 0 aliphatic rings. The number of carbonyl (C=O) groups excluding carboxylic acids is 1. The van der Waals surface area contributed by atoms with E-state index in [-0.39, 0.29) is 11.2 Å². The Labute approximate surface area is 155 Å². The van der Waals surface area contributed by atoms with Crippen LogP contribution in [0.5, 0.6) is 0 Å². The number of carbonyl (C=O) groups is 1. The van der Waals surface area contributed by atoms with E-state index in [0.29, 0.717) is 5.16 Å². The maximum Gasteiger partial charge on any atom is 0.237 e. The van der Waals surface area contributed by atoms with Crippen molar-refractivity contribution < 1.29 is 4.79 Å². The number of hydrogen-bond donors (Lipinski definition) is 2. The van der Waals surface area contributed by atoms with Gasteiger partial charge in [-0.3, -0.25) is 9.89 Å². The summed E-state index contributed by atoms with van der Waals surface area (Å²) in [6, 6.07) is 17.9. The van der Waals surface area contributed by atoms with Crippen molar-refractivity contribution in [1.29, 1.82) is 0 Å². The Balaban J connectivity index is 1.68. The zero-order valence-electron chi connectivity index (χ0n) is 13.9. The summed E-state index contributed by atoms with van der Waals surface area (Å²) in [6.07, 6.45) is 0. The zero-order chi connectivity index (χ0) is 17.6. The molecule has 7 heteroatoms. The summed E-state index contributed by atoms with van der Waals surface area (Å²) in [7, 11) is 0. The molecule has 0 radical (unpaired) electrons. The van der Waals surface area contributed by atoms with Gasteiger partial charge in [0.1, 0.15) is 5.82 Å². The lowest BCUT2D eigenvalue weighted by molar-refractivity contribution is -0.115. The number of thioether (sulfide) groups is 1. The molecule has 0 saturated carbocycles. The molecule has 3 aromatic rings. The molecular formula is C18H18N4OS2. The largest absolute Gasteiger partial charge is 0.324 e. The summed E-state index contributed by atoms with van der Waals surface area (Å²) in [6.45, 7) is 3.68. The molecule has 3 rings (SSSR count). The first kappa shape index (κ1) is 17.6. The first-order valence-electron chi connectivity index (χ1n) is 7.80. The minimum absolute atomic E-state index is 0.0754. The molecule has 1 unspecified atom stereocenters. The summed E-state index contributed by atoms with van der Waals surface area (Å²) in [5, 5.41) is 10.1. The average molecular weight is 371 g/mol. The van der Waals surface area contributed by atoms with Crippen molar-refractivity contribution in [1.82, 2.24) is 15.2 Å². The first-order chi connectivity index (χ1) is 12.1. The average Bonchev–Trinajstić information content (AvgIpc) is 3.02. The summed E-state index contributed by atoms with van der Waals surface area (Å²) in [5.41, 5.74) is 0.806. The Hall–Kier alpha value is -2.25. The highest BCUT2D eigenvalue weighted by atomic mass is 32.2. The lowest BCUT2D eigenvalue weighted by atomic mass is 10.3. The monoisotopic (exact) mass is 370 g/mol.